The third-order valence-electron chi connectivity index (χ3n) is 5.23. The molecule has 3 heteroatoms. The van der Waals surface area contributed by atoms with Crippen LogP contribution in [-0.2, 0) is 0 Å². The van der Waals surface area contributed by atoms with Crippen LogP contribution in [0, 0.1) is 0 Å². The van der Waals surface area contributed by atoms with Crippen LogP contribution < -0.4 is 0 Å². The topological polar surface area (TPSA) is 20.2 Å². The lowest BCUT2D eigenvalue weighted by atomic mass is 10.3. The third kappa shape index (κ3) is 4.18. The zero-order chi connectivity index (χ0) is 15.6. The molecule has 0 aliphatic rings. The molecule has 0 aromatic heterocycles. The number of aliphatic hydroxyl groups is 1. The van der Waals surface area contributed by atoms with Gasteiger partial charge in [-0.25, -0.2) is 0 Å². The Hall–Kier alpha value is 0.394. The molecule has 0 aliphatic heterocycles. The van der Waals surface area contributed by atoms with Crippen LogP contribution in [-0.4, -0.2) is 27.4 Å². The highest BCUT2D eigenvalue weighted by molar-refractivity contribution is 6.99. The number of aliphatic hydroxyl groups excluding tert-OH is 1. The minimum Gasteiger partial charge on any atom is -0.393 e. The van der Waals surface area contributed by atoms with Gasteiger partial charge in [0.2, 0.25) is 0 Å². The Kier molecular flexibility index (Phi) is 7.05. The van der Waals surface area contributed by atoms with E-state index in [-0.39, 0.29) is 6.10 Å². The molecular formula is C16H38OSi2. The Balaban J connectivity index is 5.87. The fourth-order valence-corrected chi connectivity index (χ4v) is 22.1. The SMILES string of the molecule is CC(C)[Si](C(C)C)(C(C)C)[C@H](C[C@H](C)O)[Si](C)(C)C. The molecular weight excluding hydrogens is 264 g/mol. The standard InChI is InChI=1S/C16H38OSi2/c1-12(2)19(13(3)4,14(5)6)16(11-15(7)17)18(8,9)10/h12-17H,11H2,1-10H3/t15-,16+/m0/s1. The molecule has 0 rings (SSSR count). The highest BCUT2D eigenvalue weighted by Crippen LogP contribution is 2.54. The van der Waals surface area contributed by atoms with Gasteiger partial charge in [-0.15, -0.1) is 0 Å². The van der Waals surface area contributed by atoms with E-state index in [4.69, 9.17) is 0 Å². The molecule has 1 N–H and O–H groups in total. The maximum absolute atomic E-state index is 10.0. The van der Waals surface area contributed by atoms with Gasteiger partial charge in [0.25, 0.3) is 0 Å². The molecule has 0 aromatic carbocycles. The number of rotatable bonds is 7. The first-order chi connectivity index (χ1) is 8.38. The predicted octanol–water partition coefficient (Wildman–Crippen LogP) is 5.68. The van der Waals surface area contributed by atoms with Crippen LogP contribution in [0.2, 0.25) is 41.4 Å². The Bertz CT molecular complexity index is 243. The van der Waals surface area contributed by atoms with Crippen LogP contribution in [0.15, 0.2) is 0 Å². The zero-order valence-electron chi connectivity index (χ0n) is 15.0. The van der Waals surface area contributed by atoms with E-state index in [2.05, 4.69) is 61.2 Å². The fourth-order valence-electron chi connectivity index (χ4n) is 4.86. The maximum Gasteiger partial charge on any atom is 0.0618 e. The summed E-state index contributed by atoms with van der Waals surface area (Å²) < 4.78 is 0. The van der Waals surface area contributed by atoms with Crippen molar-refractivity contribution in [2.24, 2.45) is 0 Å². The molecule has 0 amide bonds. The highest BCUT2D eigenvalue weighted by Gasteiger charge is 2.52. The molecule has 0 radical (unpaired) electrons. The monoisotopic (exact) mass is 302 g/mol. The van der Waals surface area contributed by atoms with Gasteiger partial charge in [0.15, 0.2) is 0 Å². The van der Waals surface area contributed by atoms with E-state index in [0.29, 0.717) is 0 Å². The first kappa shape index (κ1) is 19.4. The minimum atomic E-state index is -1.45. The summed E-state index contributed by atoms with van der Waals surface area (Å²) in [4.78, 5) is 0. The van der Waals surface area contributed by atoms with Gasteiger partial charge >= 0.3 is 0 Å². The van der Waals surface area contributed by atoms with Gasteiger partial charge in [0.05, 0.1) is 14.2 Å². The maximum atomic E-state index is 10.0. The van der Waals surface area contributed by atoms with E-state index in [1.165, 1.54) is 0 Å². The quantitative estimate of drug-likeness (QED) is 0.599. The largest absolute Gasteiger partial charge is 0.393 e. The summed E-state index contributed by atoms with van der Waals surface area (Å²) >= 11 is 0. The van der Waals surface area contributed by atoms with Crippen LogP contribution in [0.4, 0.5) is 0 Å². The zero-order valence-corrected chi connectivity index (χ0v) is 17.0. The molecule has 0 bridgehead atoms. The number of hydrogen-bond acceptors (Lipinski definition) is 1. The number of hydrogen-bond donors (Lipinski definition) is 1. The van der Waals surface area contributed by atoms with E-state index in [9.17, 15) is 5.11 Å². The molecule has 0 unspecified atom stereocenters. The van der Waals surface area contributed by atoms with Gasteiger partial charge in [-0.1, -0.05) is 77.8 Å². The molecule has 0 aromatic rings. The smallest absolute Gasteiger partial charge is 0.0618 e. The highest BCUT2D eigenvalue weighted by atomic mass is 28.4. The second kappa shape index (κ2) is 6.90. The second-order valence-corrected chi connectivity index (χ2v) is 20.6. The van der Waals surface area contributed by atoms with Crippen molar-refractivity contribution in [1.82, 2.24) is 0 Å². The van der Waals surface area contributed by atoms with E-state index in [0.717, 1.165) is 28.2 Å². The van der Waals surface area contributed by atoms with Gasteiger partial charge in [0, 0.05) is 8.07 Å². The first-order valence-electron chi connectivity index (χ1n) is 8.06. The van der Waals surface area contributed by atoms with Crippen molar-refractivity contribution in [3.63, 3.8) is 0 Å². The summed E-state index contributed by atoms with van der Waals surface area (Å²) in [5.74, 6) is 0. The predicted molar refractivity (Wildman–Crippen MR) is 94.4 cm³/mol. The molecule has 19 heavy (non-hydrogen) atoms. The summed E-state index contributed by atoms with van der Waals surface area (Å²) in [6, 6.07) is 0. The van der Waals surface area contributed by atoms with E-state index in [1.54, 1.807) is 0 Å². The van der Waals surface area contributed by atoms with E-state index in [1.807, 2.05) is 6.92 Å². The van der Waals surface area contributed by atoms with Crippen molar-refractivity contribution < 1.29 is 5.11 Å². The lowest BCUT2D eigenvalue weighted by Crippen LogP contribution is -2.56. The van der Waals surface area contributed by atoms with Crippen LogP contribution in [0.25, 0.3) is 0 Å². The molecule has 116 valence electrons. The van der Waals surface area contributed by atoms with E-state index >= 15 is 0 Å². The van der Waals surface area contributed by atoms with Crippen LogP contribution in [0.5, 0.6) is 0 Å². The van der Waals surface area contributed by atoms with Crippen LogP contribution >= 0.6 is 0 Å². The molecule has 1 nitrogen and oxygen atoms in total. The summed E-state index contributed by atoms with van der Waals surface area (Å²) in [6.45, 7) is 24.2. The Morgan fingerprint density at radius 2 is 1.05 bits per heavy atom. The molecule has 0 spiro atoms. The van der Waals surface area contributed by atoms with E-state index < -0.39 is 16.1 Å². The third-order valence-corrected chi connectivity index (χ3v) is 19.1. The van der Waals surface area contributed by atoms with Crippen molar-refractivity contribution in [2.75, 3.05) is 0 Å². The molecule has 0 saturated heterocycles. The fraction of sp³-hybridized carbons (Fsp3) is 1.00. The Morgan fingerprint density at radius 3 is 1.21 bits per heavy atom. The van der Waals surface area contributed by atoms with Crippen molar-refractivity contribution in [3.8, 4) is 0 Å². The Morgan fingerprint density at radius 1 is 0.737 bits per heavy atom. The molecule has 0 fully saturated rings. The molecule has 0 heterocycles. The van der Waals surface area contributed by atoms with Crippen molar-refractivity contribution in [3.05, 3.63) is 0 Å². The van der Waals surface area contributed by atoms with Gasteiger partial charge in [-0.2, -0.15) is 0 Å². The lowest BCUT2D eigenvalue weighted by Gasteiger charge is -2.53. The molecule has 2 atom stereocenters. The summed E-state index contributed by atoms with van der Waals surface area (Å²) in [5, 5.41) is 10.8. The first-order valence-corrected chi connectivity index (χ1v) is 13.9. The van der Waals surface area contributed by atoms with Crippen LogP contribution in [0.3, 0.4) is 0 Å². The minimum absolute atomic E-state index is 0.153. The van der Waals surface area contributed by atoms with Gasteiger partial charge in [-0.05, 0) is 18.5 Å². The Labute approximate surface area is 124 Å². The summed E-state index contributed by atoms with van der Waals surface area (Å²) in [7, 11) is -2.72. The molecule has 0 aliphatic carbocycles. The summed E-state index contributed by atoms with van der Waals surface area (Å²) in [6.07, 6.45) is 0.871. The lowest BCUT2D eigenvalue weighted by molar-refractivity contribution is 0.186. The second-order valence-electron chi connectivity index (χ2n) is 8.47. The van der Waals surface area contributed by atoms with Crippen molar-refractivity contribution in [1.29, 1.82) is 0 Å². The molecule has 0 saturated carbocycles. The van der Waals surface area contributed by atoms with Gasteiger partial charge < -0.3 is 5.11 Å². The average molecular weight is 303 g/mol. The van der Waals surface area contributed by atoms with Crippen molar-refractivity contribution >= 4 is 16.1 Å². The van der Waals surface area contributed by atoms with Crippen molar-refractivity contribution in [2.45, 2.75) is 102 Å². The van der Waals surface area contributed by atoms with Gasteiger partial charge in [0.1, 0.15) is 0 Å². The van der Waals surface area contributed by atoms with Gasteiger partial charge in [-0.3, -0.25) is 0 Å². The summed E-state index contributed by atoms with van der Waals surface area (Å²) in [5.41, 5.74) is 2.38. The normalized spacial score (nSPS) is 17.4. The van der Waals surface area contributed by atoms with Crippen LogP contribution in [0.1, 0.15) is 54.9 Å². The average Bonchev–Trinajstić information content (AvgIpc) is 2.12.